The molecular weight excluding hydrogens is 372 g/mol. The van der Waals surface area contributed by atoms with E-state index in [2.05, 4.69) is 25.0 Å². The summed E-state index contributed by atoms with van der Waals surface area (Å²) in [5, 5.41) is 10.2. The molecule has 4 nitrogen and oxygen atoms in total. The van der Waals surface area contributed by atoms with Crippen LogP contribution in [0.15, 0.2) is 18.2 Å². The number of terminal acetylenes is 1. The Bertz CT molecular complexity index is 930. The third-order valence-corrected chi connectivity index (χ3v) is 9.40. The van der Waals surface area contributed by atoms with Gasteiger partial charge in [-0.05, 0) is 86.3 Å². The lowest BCUT2D eigenvalue weighted by molar-refractivity contribution is -0.0646. The van der Waals surface area contributed by atoms with Crippen molar-refractivity contribution in [3.8, 4) is 12.3 Å². The van der Waals surface area contributed by atoms with Crippen molar-refractivity contribution in [2.24, 2.45) is 17.3 Å². The number of hydrogen-bond donors (Lipinski definition) is 2. The lowest BCUT2D eigenvalue weighted by Crippen LogP contribution is -2.50. The van der Waals surface area contributed by atoms with Gasteiger partial charge in [-0.2, -0.15) is 8.42 Å². The molecular formula is C23H30O4S. The molecule has 2 N–H and O–H groups in total. The highest BCUT2D eigenvalue weighted by atomic mass is 32.2. The molecule has 0 aromatic heterocycles. The Morgan fingerprint density at radius 1 is 1.29 bits per heavy atom. The van der Waals surface area contributed by atoms with Crippen molar-refractivity contribution in [2.45, 2.75) is 75.6 Å². The normalized spacial score (nSPS) is 38.0. The van der Waals surface area contributed by atoms with Gasteiger partial charge in [-0.1, -0.05) is 31.0 Å². The molecule has 3 aliphatic rings. The van der Waals surface area contributed by atoms with Crippen molar-refractivity contribution in [1.82, 2.24) is 0 Å². The van der Waals surface area contributed by atoms with E-state index in [1.807, 2.05) is 6.07 Å². The van der Waals surface area contributed by atoms with E-state index < -0.39 is 21.0 Å². The van der Waals surface area contributed by atoms with Crippen LogP contribution in [0.1, 0.15) is 68.6 Å². The molecule has 4 rings (SSSR count). The van der Waals surface area contributed by atoms with Crippen LogP contribution in [0.4, 0.5) is 0 Å². The molecule has 0 aliphatic heterocycles. The van der Waals surface area contributed by atoms with Gasteiger partial charge in [0.15, 0.2) is 0 Å². The molecule has 0 heterocycles. The first-order chi connectivity index (χ1) is 13.1. The minimum atomic E-state index is -4.01. The maximum absolute atomic E-state index is 11.3. The maximum Gasteiger partial charge on any atom is 0.267 e. The fourth-order valence-corrected chi connectivity index (χ4v) is 6.86. The van der Waals surface area contributed by atoms with Crippen molar-refractivity contribution in [2.75, 3.05) is 0 Å². The summed E-state index contributed by atoms with van der Waals surface area (Å²) in [5.74, 6) is 4.22. The molecule has 1 aromatic rings. The van der Waals surface area contributed by atoms with Crippen LogP contribution in [0.25, 0.3) is 0 Å². The van der Waals surface area contributed by atoms with Gasteiger partial charge < -0.3 is 5.11 Å². The predicted molar refractivity (Wildman–Crippen MR) is 110 cm³/mol. The van der Waals surface area contributed by atoms with Gasteiger partial charge in [-0.25, -0.2) is 0 Å². The van der Waals surface area contributed by atoms with Gasteiger partial charge in [0.1, 0.15) is 5.60 Å². The van der Waals surface area contributed by atoms with Gasteiger partial charge in [-0.3, -0.25) is 4.55 Å². The zero-order valence-electron chi connectivity index (χ0n) is 16.7. The van der Waals surface area contributed by atoms with Crippen molar-refractivity contribution < 1.29 is 18.1 Å². The predicted octanol–water partition coefficient (Wildman–Crippen LogP) is 3.73. The average molecular weight is 403 g/mol. The van der Waals surface area contributed by atoms with E-state index in [9.17, 15) is 18.1 Å². The van der Waals surface area contributed by atoms with E-state index in [1.54, 1.807) is 6.92 Å². The minimum Gasteiger partial charge on any atom is -0.377 e. The third-order valence-electron chi connectivity index (χ3n) is 8.21. The molecule has 0 spiro atoms. The van der Waals surface area contributed by atoms with Gasteiger partial charge in [0.2, 0.25) is 0 Å². The molecule has 2 saturated carbocycles. The van der Waals surface area contributed by atoms with Gasteiger partial charge in [0.25, 0.3) is 10.1 Å². The van der Waals surface area contributed by atoms with Crippen molar-refractivity contribution in [3.05, 3.63) is 34.9 Å². The number of benzene rings is 1. The second-order valence-corrected chi connectivity index (χ2v) is 11.3. The zero-order valence-corrected chi connectivity index (χ0v) is 17.5. The van der Waals surface area contributed by atoms with Crippen LogP contribution in [0, 0.1) is 29.6 Å². The van der Waals surface area contributed by atoms with E-state index >= 15 is 0 Å². The van der Waals surface area contributed by atoms with Gasteiger partial charge in [-0.15, -0.1) is 6.42 Å². The van der Waals surface area contributed by atoms with Crippen LogP contribution in [0.2, 0.25) is 0 Å². The molecule has 0 amide bonds. The van der Waals surface area contributed by atoms with E-state index in [0.29, 0.717) is 30.6 Å². The molecule has 1 aromatic carbocycles. The summed E-state index contributed by atoms with van der Waals surface area (Å²) < 4.78 is 31.9. The third kappa shape index (κ3) is 2.93. The number of rotatable bonds is 3. The van der Waals surface area contributed by atoms with Gasteiger partial charge in [0, 0.05) is 5.41 Å². The molecule has 152 valence electrons. The zero-order chi connectivity index (χ0) is 20.3. The Morgan fingerprint density at radius 3 is 2.71 bits per heavy atom. The molecule has 5 unspecified atom stereocenters. The number of hydrogen-bond acceptors (Lipinski definition) is 3. The highest BCUT2D eigenvalue weighted by molar-refractivity contribution is 7.86. The van der Waals surface area contributed by atoms with E-state index in [4.69, 9.17) is 6.42 Å². The highest BCUT2D eigenvalue weighted by Gasteiger charge is 2.61. The molecule has 28 heavy (non-hydrogen) atoms. The van der Waals surface area contributed by atoms with E-state index in [-0.39, 0.29) is 5.41 Å². The topological polar surface area (TPSA) is 74.6 Å². The number of fused-ring (bicyclic) bond motifs is 5. The molecule has 6 atom stereocenters. The van der Waals surface area contributed by atoms with Gasteiger partial charge in [0.05, 0.1) is 5.25 Å². The first-order valence-electron chi connectivity index (χ1n) is 10.4. The fourth-order valence-electron chi connectivity index (χ4n) is 6.45. The summed E-state index contributed by atoms with van der Waals surface area (Å²) in [6, 6.07) is 6.32. The van der Waals surface area contributed by atoms with Crippen molar-refractivity contribution in [1.29, 1.82) is 0 Å². The first-order valence-corrected chi connectivity index (χ1v) is 11.9. The van der Waals surface area contributed by atoms with Crippen LogP contribution < -0.4 is 0 Å². The van der Waals surface area contributed by atoms with Crippen LogP contribution in [-0.4, -0.2) is 28.9 Å². The summed E-state index contributed by atoms with van der Waals surface area (Å²) in [6.07, 6.45) is 11.8. The van der Waals surface area contributed by atoms with Gasteiger partial charge >= 0.3 is 0 Å². The SMILES string of the molecule is C#CC1(O)CCC2C3CCc4cc(CC(C)S(=O)(=O)O)ccc4C3CC[C@@]21C. The van der Waals surface area contributed by atoms with E-state index in [0.717, 1.165) is 37.7 Å². The smallest absolute Gasteiger partial charge is 0.267 e. The molecule has 0 saturated heterocycles. The molecule has 2 fully saturated rings. The van der Waals surface area contributed by atoms with Crippen molar-refractivity contribution >= 4 is 10.1 Å². The Balaban J connectivity index is 1.60. The second-order valence-electron chi connectivity index (χ2n) is 9.48. The molecule has 0 radical (unpaired) electrons. The fraction of sp³-hybridized carbons (Fsp3) is 0.652. The summed E-state index contributed by atoms with van der Waals surface area (Å²) in [6.45, 7) is 3.73. The van der Waals surface area contributed by atoms with E-state index in [1.165, 1.54) is 11.1 Å². The van der Waals surface area contributed by atoms with Crippen LogP contribution in [0.5, 0.6) is 0 Å². The van der Waals surface area contributed by atoms with Crippen LogP contribution in [0.3, 0.4) is 0 Å². The Labute approximate surface area is 168 Å². The highest BCUT2D eigenvalue weighted by Crippen LogP contribution is 2.64. The molecule has 0 bridgehead atoms. The minimum absolute atomic E-state index is 0.189. The maximum atomic E-state index is 11.3. The lowest BCUT2D eigenvalue weighted by atomic mass is 9.53. The summed E-state index contributed by atoms with van der Waals surface area (Å²) >= 11 is 0. The summed E-state index contributed by atoms with van der Waals surface area (Å²) in [4.78, 5) is 0. The lowest BCUT2D eigenvalue weighted by Gasteiger charge is -2.52. The average Bonchev–Trinajstić information content (AvgIpc) is 2.92. The Morgan fingerprint density at radius 2 is 2.04 bits per heavy atom. The quantitative estimate of drug-likeness (QED) is 0.597. The van der Waals surface area contributed by atoms with Crippen molar-refractivity contribution in [3.63, 3.8) is 0 Å². The Hall–Kier alpha value is -1.35. The second kappa shape index (κ2) is 6.58. The monoisotopic (exact) mass is 402 g/mol. The largest absolute Gasteiger partial charge is 0.377 e. The summed E-state index contributed by atoms with van der Waals surface area (Å²) in [7, 11) is -4.01. The molecule has 5 heteroatoms. The number of aryl methyl sites for hydroxylation is 1. The molecule has 3 aliphatic carbocycles. The standard InChI is InChI=1S/C23H30O4S/c1-4-23(24)12-10-21-20-8-6-17-14-16(13-15(2)28(25,26)27)5-7-18(17)19(20)9-11-22(21,23)3/h1,5,7,14-15,19-21,24H,6,8-13H2,2-3H3,(H,25,26,27)/t15?,19?,20?,21?,22-,23?/m0/s1. The first kappa shape index (κ1) is 19.9. The summed E-state index contributed by atoms with van der Waals surface area (Å²) in [5.41, 5.74) is 2.50. The van der Waals surface area contributed by atoms with Crippen LogP contribution in [-0.2, 0) is 23.0 Å². The number of aliphatic hydroxyl groups is 1. The Kier molecular flexibility index (Phi) is 4.69. The van der Waals surface area contributed by atoms with Crippen LogP contribution >= 0.6 is 0 Å².